The number of allylic oxidation sites excluding steroid dienone is 8. The molecule has 5 aliphatic heterocycles. The maximum Gasteiger partial charge on any atom is 0.415 e. The molecule has 2 aromatic rings. The van der Waals surface area contributed by atoms with Crippen LogP contribution in [0.5, 0.6) is 23.0 Å². The van der Waals surface area contributed by atoms with Gasteiger partial charge in [0.25, 0.3) is 11.8 Å². The van der Waals surface area contributed by atoms with Crippen LogP contribution >= 0.6 is 0 Å². The number of aromatic hydroxyl groups is 1. The van der Waals surface area contributed by atoms with E-state index < -0.39 is 47.4 Å². The SMILES string of the molecule is CC(=O)N1CCN(C(=O)Oc2cc3c(c4c2C[C@H](O)[C@@](C)(CC/C=C(\C)CCC=C(C)C)O4)CN([C@@H](CCCN2Cc4c(cc(O)c5c4O[C@](C)(CC/C=C(\C)CCC=C(C)C)[C@@H](O)C5)C2=O)C(=O)O)C3=O)CC1. The van der Waals surface area contributed by atoms with Crippen molar-refractivity contribution in [1.82, 2.24) is 19.6 Å². The van der Waals surface area contributed by atoms with Gasteiger partial charge in [-0.3, -0.25) is 14.4 Å². The van der Waals surface area contributed by atoms with Crippen molar-refractivity contribution in [2.75, 3.05) is 32.7 Å². The first kappa shape index (κ1) is 55.6. The molecule has 74 heavy (non-hydrogen) atoms. The fourth-order valence-corrected chi connectivity index (χ4v) is 10.8. The highest BCUT2D eigenvalue weighted by atomic mass is 16.6. The van der Waals surface area contributed by atoms with Gasteiger partial charge in [-0.2, -0.15) is 0 Å². The minimum Gasteiger partial charge on any atom is -0.508 e. The number of carboxylic acids is 1. The number of aliphatic carboxylic acids is 1. The van der Waals surface area contributed by atoms with Gasteiger partial charge < -0.3 is 54.2 Å². The van der Waals surface area contributed by atoms with Crippen LogP contribution in [-0.2, 0) is 35.5 Å². The van der Waals surface area contributed by atoms with Crippen molar-refractivity contribution in [2.24, 2.45) is 0 Å². The number of rotatable bonds is 19. The topological polar surface area (TPSA) is 207 Å². The van der Waals surface area contributed by atoms with Crippen LogP contribution in [0.3, 0.4) is 0 Å². The first-order chi connectivity index (χ1) is 35.0. The first-order valence-corrected chi connectivity index (χ1v) is 26.4. The molecule has 1 fully saturated rings. The Labute approximate surface area is 436 Å². The molecule has 2 aromatic carbocycles. The molecule has 16 heteroatoms. The van der Waals surface area contributed by atoms with E-state index in [1.165, 1.54) is 51.1 Å². The van der Waals surface area contributed by atoms with Crippen molar-refractivity contribution < 1.29 is 58.6 Å². The van der Waals surface area contributed by atoms with Crippen LogP contribution in [0.4, 0.5) is 4.79 Å². The quantitative estimate of drug-likeness (QED) is 0.0974. The highest BCUT2D eigenvalue weighted by molar-refractivity contribution is 6.02. The highest BCUT2D eigenvalue weighted by Gasteiger charge is 2.48. The number of carbonyl (C=O) groups is 5. The Morgan fingerprint density at radius 2 is 1.22 bits per heavy atom. The summed E-state index contributed by atoms with van der Waals surface area (Å²) in [5.74, 6) is -1.67. The summed E-state index contributed by atoms with van der Waals surface area (Å²) in [5, 5.41) is 44.9. The molecule has 4 N–H and O–H groups in total. The van der Waals surface area contributed by atoms with E-state index in [-0.39, 0.29) is 98.6 Å². The number of fused-ring (bicyclic) bond motifs is 6. The molecule has 7 rings (SSSR count). The number of hydrogen-bond donors (Lipinski definition) is 4. The number of hydrogen-bond acceptors (Lipinski definition) is 11. The van der Waals surface area contributed by atoms with E-state index in [9.17, 15) is 44.4 Å². The zero-order valence-corrected chi connectivity index (χ0v) is 45.0. The minimum atomic E-state index is -1.30. The van der Waals surface area contributed by atoms with Crippen molar-refractivity contribution in [1.29, 1.82) is 0 Å². The molecule has 0 unspecified atom stereocenters. The number of ether oxygens (including phenoxy) is 3. The van der Waals surface area contributed by atoms with Crippen molar-refractivity contribution in [3.8, 4) is 23.0 Å². The number of amides is 4. The molecule has 0 spiro atoms. The average molecular weight is 1020 g/mol. The molecule has 16 nitrogen and oxygen atoms in total. The van der Waals surface area contributed by atoms with Crippen LogP contribution in [0.25, 0.3) is 0 Å². The number of piperazine rings is 1. The molecule has 0 aromatic heterocycles. The summed E-state index contributed by atoms with van der Waals surface area (Å²) in [7, 11) is 0. The fraction of sp³-hybridized carbons (Fsp3) is 0.569. The second-order valence-electron chi connectivity index (χ2n) is 22.0. The normalized spacial score (nSPS) is 22.8. The number of nitrogens with zero attached hydrogens (tertiary/aromatic N) is 4. The molecule has 4 amide bonds. The van der Waals surface area contributed by atoms with Crippen LogP contribution in [0.2, 0.25) is 0 Å². The van der Waals surface area contributed by atoms with Gasteiger partial charge in [-0.25, -0.2) is 9.59 Å². The van der Waals surface area contributed by atoms with E-state index >= 15 is 0 Å². The van der Waals surface area contributed by atoms with Gasteiger partial charge in [-0.15, -0.1) is 0 Å². The Bertz CT molecular complexity index is 2640. The third kappa shape index (κ3) is 12.3. The van der Waals surface area contributed by atoms with Gasteiger partial charge in [0, 0.05) is 74.7 Å². The van der Waals surface area contributed by atoms with E-state index in [1.807, 2.05) is 13.8 Å². The van der Waals surface area contributed by atoms with Gasteiger partial charge in [0.1, 0.15) is 40.2 Å². The predicted octanol–water partition coefficient (Wildman–Crippen LogP) is 8.96. The predicted molar refractivity (Wildman–Crippen MR) is 280 cm³/mol. The largest absolute Gasteiger partial charge is 0.508 e. The van der Waals surface area contributed by atoms with Gasteiger partial charge >= 0.3 is 12.1 Å². The maximum atomic E-state index is 14.5. The highest BCUT2D eigenvalue weighted by Crippen LogP contribution is 2.49. The standard InChI is InChI=1S/C58H78N4O12/c1-35(2)15-10-17-37(5)19-12-22-57(8)49(65)31-42-47(64)29-40-44(51(42)73-57)33-61(53(40)67)24-14-21-46(55(69)70)62-34-45-41(54(62)68)30-48(72-56(71)60-27-25-59(26-28-60)39(7)63)43-32-50(66)58(9,74-52(43)45)23-13-20-38(6)18-11-16-36(3)4/h15-16,19-20,29-30,46,49-50,64-66H,10-14,17-18,21-28,31-34H2,1-9H3,(H,69,70)/b37-19+,38-20+/t46-,49-,50-,57+,58+/m0/s1. The van der Waals surface area contributed by atoms with Gasteiger partial charge in [0.05, 0.1) is 36.4 Å². The summed E-state index contributed by atoms with van der Waals surface area (Å²) in [4.78, 5) is 73.3. The van der Waals surface area contributed by atoms with E-state index in [0.29, 0.717) is 66.8 Å². The summed E-state index contributed by atoms with van der Waals surface area (Å²) < 4.78 is 19.4. The number of carboxylic acid groups (broad SMARTS) is 1. The summed E-state index contributed by atoms with van der Waals surface area (Å²) >= 11 is 0. The third-order valence-electron chi connectivity index (χ3n) is 15.7. The number of benzene rings is 2. The Balaban J connectivity index is 1.07. The Hall–Kier alpha value is -6.13. The molecule has 1 saturated heterocycles. The van der Waals surface area contributed by atoms with E-state index in [1.54, 1.807) is 9.80 Å². The number of phenols is 1. The lowest BCUT2D eigenvalue weighted by molar-refractivity contribution is -0.142. The van der Waals surface area contributed by atoms with Crippen molar-refractivity contribution in [3.05, 3.63) is 92.1 Å². The van der Waals surface area contributed by atoms with Crippen LogP contribution < -0.4 is 14.2 Å². The third-order valence-corrected chi connectivity index (χ3v) is 15.7. The minimum absolute atomic E-state index is 0.00650. The summed E-state index contributed by atoms with van der Waals surface area (Å²) in [6, 6.07) is 1.57. The summed E-state index contributed by atoms with van der Waals surface area (Å²) in [5.41, 5.74) is 5.22. The summed E-state index contributed by atoms with van der Waals surface area (Å²) in [6.45, 7) is 19.0. The molecule has 5 aliphatic rings. The van der Waals surface area contributed by atoms with Crippen molar-refractivity contribution in [2.45, 2.75) is 182 Å². The lowest BCUT2D eigenvalue weighted by Crippen LogP contribution is -2.51. The fourth-order valence-electron chi connectivity index (χ4n) is 10.8. The van der Waals surface area contributed by atoms with Crippen LogP contribution in [-0.4, -0.2) is 132 Å². The molecule has 5 heterocycles. The average Bonchev–Trinajstić information content (AvgIpc) is 3.83. The maximum absolute atomic E-state index is 14.5. The Morgan fingerprint density at radius 3 is 1.76 bits per heavy atom. The molecular weight excluding hydrogens is 945 g/mol. The zero-order chi connectivity index (χ0) is 53.8. The zero-order valence-electron chi connectivity index (χ0n) is 45.0. The number of phenolic OH excluding ortho intramolecular Hbond substituents is 1. The van der Waals surface area contributed by atoms with Gasteiger partial charge in [0.2, 0.25) is 5.91 Å². The van der Waals surface area contributed by atoms with E-state index in [4.69, 9.17) is 14.2 Å². The number of carbonyl (C=O) groups excluding carboxylic acids is 4. The second kappa shape index (κ2) is 23.2. The molecule has 0 bridgehead atoms. The Kier molecular flexibility index (Phi) is 17.4. The number of aliphatic hydroxyl groups excluding tert-OH is 2. The van der Waals surface area contributed by atoms with Gasteiger partial charge in [-0.05, 0) is 132 Å². The van der Waals surface area contributed by atoms with Crippen LogP contribution in [0, 0.1) is 0 Å². The van der Waals surface area contributed by atoms with Gasteiger partial charge in [0.15, 0.2) is 0 Å². The molecule has 0 aliphatic carbocycles. The molecule has 0 saturated carbocycles. The Morgan fingerprint density at radius 1 is 0.703 bits per heavy atom. The lowest BCUT2D eigenvalue weighted by atomic mass is 9.84. The number of aliphatic hydroxyl groups is 2. The van der Waals surface area contributed by atoms with Crippen molar-refractivity contribution >= 4 is 29.8 Å². The second-order valence-corrected chi connectivity index (χ2v) is 22.0. The smallest absolute Gasteiger partial charge is 0.415 e. The van der Waals surface area contributed by atoms with Crippen LogP contribution in [0.1, 0.15) is 169 Å². The molecular formula is C58H78N4O12. The first-order valence-electron chi connectivity index (χ1n) is 26.4. The monoisotopic (exact) mass is 1020 g/mol. The van der Waals surface area contributed by atoms with E-state index in [0.717, 1.165) is 25.7 Å². The summed E-state index contributed by atoms with van der Waals surface area (Å²) in [6.07, 6.45) is 12.5. The molecule has 0 radical (unpaired) electrons. The molecule has 402 valence electrons. The van der Waals surface area contributed by atoms with Crippen LogP contribution in [0.15, 0.2) is 58.7 Å². The van der Waals surface area contributed by atoms with Crippen molar-refractivity contribution in [3.63, 3.8) is 0 Å². The lowest BCUT2D eigenvalue weighted by Gasteiger charge is -2.41. The van der Waals surface area contributed by atoms with Gasteiger partial charge in [-0.1, -0.05) is 46.6 Å². The molecule has 5 atom stereocenters. The van der Waals surface area contributed by atoms with E-state index in [2.05, 4.69) is 65.8 Å².